The fraction of sp³-hybridized carbons (Fsp3) is 0.292. The summed E-state index contributed by atoms with van der Waals surface area (Å²) in [6.07, 6.45) is -1.37. The van der Waals surface area contributed by atoms with Gasteiger partial charge in [0.15, 0.2) is 12.4 Å². The van der Waals surface area contributed by atoms with Crippen LogP contribution in [0.25, 0.3) is 0 Å². The van der Waals surface area contributed by atoms with Crippen LogP contribution < -0.4 is 11.2 Å². The first-order valence-electron chi connectivity index (χ1n) is 10.6. The van der Waals surface area contributed by atoms with Crippen LogP contribution in [0.3, 0.4) is 0 Å². The van der Waals surface area contributed by atoms with E-state index in [9.17, 15) is 14.4 Å². The topological polar surface area (TPSA) is 109 Å². The molecule has 9 nitrogen and oxygen atoms in total. The lowest BCUT2D eigenvalue weighted by molar-refractivity contribution is -0.306. The zero-order chi connectivity index (χ0) is 22.8. The first-order chi connectivity index (χ1) is 16.1. The van der Waals surface area contributed by atoms with Gasteiger partial charge in [-0.05, 0) is 12.1 Å². The molecular weight excluding hydrogens is 428 g/mol. The van der Waals surface area contributed by atoms with Crippen molar-refractivity contribution < 1.29 is 23.7 Å². The van der Waals surface area contributed by atoms with Gasteiger partial charge >= 0.3 is 11.7 Å². The fourth-order valence-electron chi connectivity index (χ4n) is 4.14. The number of ether oxygens (including phenoxy) is 4. The standard InChI is InChI=1S/C24H22N2O7/c27-19-11-12-26(24(29)25-19)17-13-30-18-14-31-23(16-9-5-2-6-10-16)33-21(18)20(17)32-22(28)15-7-3-1-4-8-15/h1-12,17-18,20-21,23H,13-14H2,(H,25,27,29). The van der Waals surface area contributed by atoms with Crippen LogP contribution in [-0.4, -0.2) is 47.0 Å². The molecule has 0 aliphatic carbocycles. The minimum Gasteiger partial charge on any atom is -0.454 e. The number of H-pyrrole nitrogens is 1. The molecule has 5 unspecified atom stereocenters. The highest BCUT2D eigenvalue weighted by Crippen LogP contribution is 2.36. The predicted molar refractivity (Wildman–Crippen MR) is 116 cm³/mol. The lowest BCUT2D eigenvalue weighted by Gasteiger charge is -2.46. The monoisotopic (exact) mass is 450 g/mol. The number of nitrogens with zero attached hydrogens (tertiary/aromatic N) is 1. The van der Waals surface area contributed by atoms with Crippen molar-refractivity contribution >= 4 is 5.97 Å². The van der Waals surface area contributed by atoms with Crippen molar-refractivity contribution in [2.24, 2.45) is 0 Å². The summed E-state index contributed by atoms with van der Waals surface area (Å²) in [5.41, 5.74) is 0.0457. The van der Waals surface area contributed by atoms with Gasteiger partial charge in [0.2, 0.25) is 0 Å². The third-order valence-electron chi connectivity index (χ3n) is 5.78. The molecule has 2 aliphatic heterocycles. The number of fused-ring (bicyclic) bond motifs is 1. The van der Waals surface area contributed by atoms with Gasteiger partial charge in [-0.2, -0.15) is 0 Å². The fourth-order valence-corrected chi connectivity index (χ4v) is 4.14. The summed E-state index contributed by atoms with van der Waals surface area (Å²) >= 11 is 0. The molecule has 1 N–H and O–H groups in total. The number of aromatic amines is 1. The average molecular weight is 450 g/mol. The first kappa shape index (κ1) is 21.3. The number of carbonyl (C=O) groups is 1. The molecule has 0 saturated carbocycles. The summed E-state index contributed by atoms with van der Waals surface area (Å²) in [6, 6.07) is 18.5. The summed E-state index contributed by atoms with van der Waals surface area (Å²) in [4.78, 5) is 39.3. The van der Waals surface area contributed by atoms with E-state index in [1.54, 1.807) is 30.3 Å². The zero-order valence-corrected chi connectivity index (χ0v) is 17.5. The SMILES string of the molecule is O=C(OC1C2OC(c3ccccc3)OCC2OCC1n1ccc(=O)[nH]c1=O)c1ccccc1. The van der Waals surface area contributed by atoms with Crippen LogP contribution >= 0.6 is 0 Å². The normalized spacial score (nSPS) is 26.8. The smallest absolute Gasteiger partial charge is 0.338 e. The van der Waals surface area contributed by atoms with Crippen molar-refractivity contribution in [1.29, 1.82) is 0 Å². The van der Waals surface area contributed by atoms with E-state index < -0.39 is 47.9 Å². The van der Waals surface area contributed by atoms with Gasteiger partial charge in [0, 0.05) is 17.8 Å². The highest BCUT2D eigenvalue weighted by molar-refractivity contribution is 5.89. The van der Waals surface area contributed by atoms with Crippen molar-refractivity contribution in [2.45, 2.75) is 30.6 Å². The van der Waals surface area contributed by atoms with Gasteiger partial charge in [-0.3, -0.25) is 14.3 Å². The summed E-state index contributed by atoms with van der Waals surface area (Å²) in [7, 11) is 0. The third kappa shape index (κ3) is 4.38. The number of benzene rings is 2. The molecule has 3 heterocycles. The van der Waals surface area contributed by atoms with Gasteiger partial charge in [-0.15, -0.1) is 0 Å². The molecule has 3 aromatic rings. The van der Waals surface area contributed by atoms with E-state index in [2.05, 4.69) is 4.98 Å². The van der Waals surface area contributed by atoms with Gasteiger partial charge < -0.3 is 18.9 Å². The Balaban J connectivity index is 1.49. The maximum atomic E-state index is 13.0. The molecule has 0 spiro atoms. The Morgan fingerprint density at radius 1 is 0.939 bits per heavy atom. The Bertz CT molecular complexity index is 1220. The Morgan fingerprint density at radius 3 is 2.39 bits per heavy atom. The van der Waals surface area contributed by atoms with Crippen molar-refractivity contribution in [3.8, 4) is 0 Å². The molecule has 9 heteroatoms. The minimum absolute atomic E-state index is 0.0720. The first-order valence-corrected chi connectivity index (χ1v) is 10.6. The Morgan fingerprint density at radius 2 is 1.67 bits per heavy atom. The van der Waals surface area contributed by atoms with Gasteiger partial charge in [0.1, 0.15) is 18.2 Å². The molecule has 2 fully saturated rings. The summed E-state index contributed by atoms with van der Waals surface area (Å²) in [6.45, 7) is 0.305. The Hall–Kier alpha value is -3.53. The number of esters is 1. The van der Waals surface area contributed by atoms with Crippen molar-refractivity contribution in [2.75, 3.05) is 13.2 Å². The lowest BCUT2D eigenvalue weighted by Crippen LogP contribution is -2.59. The predicted octanol–water partition coefficient (Wildman–Crippen LogP) is 1.82. The van der Waals surface area contributed by atoms with Gasteiger partial charge in [-0.1, -0.05) is 48.5 Å². The quantitative estimate of drug-likeness (QED) is 0.604. The van der Waals surface area contributed by atoms with E-state index in [1.807, 2.05) is 30.3 Å². The Labute approximate surface area is 188 Å². The molecule has 2 saturated heterocycles. The molecule has 5 atom stereocenters. The molecule has 170 valence electrons. The van der Waals surface area contributed by atoms with Crippen molar-refractivity contribution in [1.82, 2.24) is 9.55 Å². The van der Waals surface area contributed by atoms with Crippen LogP contribution in [0.1, 0.15) is 28.3 Å². The number of hydrogen-bond donors (Lipinski definition) is 1. The minimum atomic E-state index is -0.866. The second-order valence-corrected chi connectivity index (χ2v) is 7.87. The number of hydrogen-bond acceptors (Lipinski definition) is 7. The molecule has 0 radical (unpaired) electrons. The molecule has 2 aromatic carbocycles. The van der Waals surface area contributed by atoms with Crippen LogP contribution in [0.4, 0.5) is 0 Å². The number of rotatable bonds is 4. The highest BCUT2D eigenvalue weighted by atomic mass is 16.7. The molecule has 1 aromatic heterocycles. The maximum absolute atomic E-state index is 13.0. The van der Waals surface area contributed by atoms with E-state index >= 15 is 0 Å². The van der Waals surface area contributed by atoms with Crippen LogP contribution in [0, 0.1) is 0 Å². The summed E-state index contributed by atoms with van der Waals surface area (Å²) in [5, 5.41) is 0. The van der Waals surface area contributed by atoms with Gasteiger partial charge in [0.05, 0.1) is 18.8 Å². The Kier molecular flexibility index (Phi) is 5.91. The maximum Gasteiger partial charge on any atom is 0.338 e. The van der Waals surface area contributed by atoms with Crippen LogP contribution in [0.2, 0.25) is 0 Å². The largest absolute Gasteiger partial charge is 0.454 e. The molecule has 0 amide bonds. The average Bonchev–Trinajstić information content (AvgIpc) is 2.85. The molecule has 5 rings (SSSR count). The van der Waals surface area contributed by atoms with E-state index in [0.717, 1.165) is 5.56 Å². The summed E-state index contributed by atoms with van der Waals surface area (Å²) < 4.78 is 25.3. The van der Waals surface area contributed by atoms with E-state index in [-0.39, 0.29) is 13.2 Å². The number of carbonyl (C=O) groups excluding carboxylic acids is 1. The van der Waals surface area contributed by atoms with E-state index in [4.69, 9.17) is 18.9 Å². The van der Waals surface area contributed by atoms with Crippen molar-refractivity contribution in [3.05, 3.63) is 105 Å². The summed E-state index contributed by atoms with van der Waals surface area (Å²) in [5.74, 6) is -0.546. The third-order valence-corrected chi connectivity index (χ3v) is 5.78. The van der Waals surface area contributed by atoms with Gasteiger partial charge in [-0.25, -0.2) is 9.59 Å². The van der Waals surface area contributed by atoms with E-state index in [0.29, 0.717) is 5.56 Å². The second kappa shape index (κ2) is 9.14. The number of nitrogens with one attached hydrogen (secondary N) is 1. The van der Waals surface area contributed by atoms with Crippen LogP contribution in [0.5, 0.6) is 0 Å². The molecule has 0 bridgehead atoms. The van der Waals surface area contributed by atoms with Gasteiger partial charge in [0.25, 0.3) is 5.56 Å². The highest BCUT2D eigenvalue weighted by Gasteiger charge is 2.48. The molecule has 33 heavy (non-hydrogen) atoms. The van der Waals surface area contributed by atoms with E-state index in [1.165, 1.54) is 16.8 Å². The van der Waals surface area contributed by atoms with Crippen LogP contribution in [0.15, 0.2) is 82.5 Å². The zero-order valence-electron chi connectivity index (χ0n) is 17.5. The lowest BCUT2D eigenvalue weighted by atomic mass is 9.96. The van der Waals surface area contributed by atoms with Crippen LogP contribution in [-0.2, 0) is 18.9 Å². The molecular formula is C24H22N2O7. The molecule has 2 aliphatic rings. The van der Waals surface area contributed by atoms with Crippen molar-refractivity contribution in [3.63, 3.8) is 0 Å². The second-order valence-electron chi connectivity index (χ2n) is 7.87. The number of aromatic nitrogens is 2.